The van der Waals surface area contributed by atoms with E-state index in [1.807, 2.05) is 6.08 Å². The average Bonchev–Trinajstić information content (AvgIpc) is 0.883. The first-order valence-corrected chi connectivity index (χ1v) is 35.0. The highest BCUT2D eigenvalue weighted by molar-refractivity contribution is 5.76. The Labute approximate surface area is 545 Å². The fourth-order valence-corrected chi connectivity index (χ4v) is 11.2. The Hall–Kier alpha value is -3.29. The number of amides is 1. The van der Waals surface area contributed by atoms with E-state index in [0.29, 0.717) is 12.8 Å². The van der Waals surface area contributed by atoms with Gasteiger partial charge in [-0.1, -0.05) is 227 Å². The predicted octanol–water partition coefficient (Wildman–Crippen LogP) is 9.27. The molecule has 0 saturated carbocycles. The van der Waals surface area contributed by atoms with Crippen molar-refractivity contribution in [2.75, 3.05) is 26.4 Å². The molecule has 3 aliphatic heterocycles. The number of carbonyl (C=O) groups excluding carboxylic acids is 1. The van der Waals surface area contributed by atoms with Crippen molar-refractivity contribution in [1.29, 1.82) is 0 Å². The molecular weight excluding hydrogens is 1170 g/mol. The van der Waals surface area contributed by atoms with E-state index in [2.05, 4.69) is 104 Å². The van der Waals surface area contributed by atoms with E-state index in [0.717, 1.165) is 96.3 Å². The van der Waals surface area contributed by atoms with Crippen LogP contribution in [0.25, 0.3) is 0 Å². The molecular formula is C72H123NO18. The maximum atomic E-state index is 13.4. The van der Waals surface area contributed by atoms with Gasteiger partial charge >= 0.3 is 0 Å². The van der Waals surface area contributed by atoms with Crippen molar-refractivity contribution in [2.45, 2.75) is 324 Å². The van der Waals surface area contributed by atoms with Crippen LogP contribution in [0.4, 0.5) is 0 Å². The lowest BCUT2D eigenvalue weighted by atomic mass is 9.96. The lowest BCUT2D eigenvalue weighted by Crippen LogP contribution is -2.66. The molecule has 3 rings (SSSR count). The van der Waals surface area contributed by atoms with Crippen LogP contribution >= 0.6 is 0 Å². The van der Waals surface area contributed by atoms with Crippen molar-refractivity contribution in [3.63, 3.8) is 0 Å². The first kappa shape index (κ1) is 81.9. The molecule has 0 bridgehead atoms. The number of aliphatic hydroxyl groups excluding tert-OH is 11. The molecule has 524 valence electrons. The number of nitrogens with one attached hydrogen (secondary N) is 1. The smallest absolute Gasteiger partial charge is 0.220 e. The van der Waals surface area contributed by atoms with Crippen LogP contribution in [0.1, 0.15) is 219 Å². The zero-order valence-corrected chi connectivity index (χ0v) is 55.3. The third-order valence-corrected chi connectivity index (χ3v) is 16.9. The first-order valence-electron chi connectivity index (χ1n) is 35.0. The normalized spacial score (nSPS) is 28.5. The van der Waals surface area contributed by atoms with Crippen LogP contribution in [-0.2, 0) is 33.2 Å². The van der Waals surface area contributed by atoms with Crippen LogP contribution < -0.4 is 5.32 Å². The van der Waals surface area contributed by atoms with Crippen LogP contribution in [0.3, 0.4) is 0 Å². The molecule has 0 radical (unpaired) electrons. The summed E-state index contributed by atoms with van der Waals surface area (Å²) in [6.45, 7) is 1.58. The number of rotatable bonds is 52. The van der Waals surface area contributed by atoms with Crippen molar-refractivity contribution >= 4 is 5.91 Å². The first-order chi connectivity index (χ1) is 44.3. The van der Waals surface area contributed by atoms with Crippen LogP contribution in [0.2, 0.25) is 0 Å². The summed E-state index contributed by atoms with van der Waals surface area (Å²) in [5.41, 5.74) is 0. The molecule has 17 unspecified atom stereocenters. The molecule has 3 aliphatic rings. The average molecular weight is 1290 g/mol. The number of carbonyl (C=O) groups is 1. The molecule has 0 aromatic heterocycles. The molecule has 91 heavy (non-hydrogen) atoms. The lowest BCUT2D eigenvalue weighted by molar-refractivity contribution is -0.379. The van der Waals surface area contributed by atoms with E-state index < -0.39 is 124 Å². The second-order valence-corrected chi connectivity index (χ2v) is 24.6. The summed E-state index contributed by atoms with van der Waals surface area (Å²) in [6, 6.07) is -1.01. The van der Waals surface area contributed by atoms with Gasteiger partial charge in [0, 0.05) is 6.42 Å². The summed E-state index contributed by atoms with van der Waals surface area (Å²) in [7, 11) is 0. The van der Waals surface area contributed by atoms with Crippen LogP contribution in [0.15, 0.2) is 97.2 Å². The molecule has 0 aromatic carbocycles. The maximum absolute atomic E-state index is 13.4. The van der Waals surface area contributed by atoms with Gasteiger partial charge in [0.25, 0.3) is 0 Å². The fraction of sp³-hybridized carbons (Fsp3) is 0.764. The summed E-state index contributed by atoms with van der Waals surface area (Å²) in [5.74, 6) is -0.303. The number of hydrogen-bond acceptors (Lipinski definition) is 18. The second kappa shape index (κ2) is 52.9. The molecule has 0 aromatic rings. The van der Waals surface area contributed by atoms with Gasteiger partial charge in [0.05, 0.1) is 38.6 Å². The largest absolute Gasteiger partial charge is 0.394 e. The summed E-state index contributed by atoms with van der Waals surface area (Å²) < 4.78 is 34.3. The molecule has 3 heterocycles. The van der Waals surface area contributed by atoms with E-state index in [1.54, 1.807) is 6.08 Å². The van der Waals surface area contributed by atoms with E-state index >= 15 is 0 Å². The van der Waals surface area contributed by atoms with Gasteiger partial charge in [0.15, 0.2) is 18.9 Å². The van der Waals surface area contributed by atoms with Crippen molar-refractivity contribution in [3.8, 4) is 0 Å². The predicted molar refractivity (Wildman–Crippen MR) is 355 cm³/mol. The van der Waals surface area contributed by atoms with Crippen LogP contribution in [0.5, 0.6) is 0 Å². The molecule has 3 fully saturated rings. The Bertz CT molecular complexity index is 2030. The number of aliphatic hydroxyl groups is 11. The SMILES string of the molecule is CC/C=C\C/C=C\C/C=C\C/C=C\C/C=C\C/C=C\CCCCCCCCC(=O)NC(COC1OC(CO)C(OC2OC(CO)C(OC3OC(CO)C(O)C(O)C3O)C(O)C2O)C(O)C1O)C(O)/C=C/CC/C=C/CCCCCCCCCCCCCCCCC. The third-order valence-electron chi connectivity index (χ3n) is 16.9. The fourth-order valence-electron chi connectivity index (χ4n) is 11.2. The van der Waals surface area contributed by atoms with Crippen LogP contribution in [0, 0.1) is 0 Å². The van der Waals surface area contributed by atoms with Gasteiger partial charge in [0.1, 0.15) is 73.2 Å². The van der Waals surface area contributed by atoms with Crippen molar-refractivity contribution in [1.82, 2.24) is 5.32 Å². The Morgan fingerprint density at radius 2 is 0.769 bits per heavy atom. The van der Waals surface area contributed by atoms with Gasteiger partial charge in [-0.15, -0.1) is 0 Å². The molecule has 3 saturated heterocycles. The van der Waals surface area contributed by atoms with Crippen LogP contribution in [-0.4, -0.2) is 193 Å². The van der Waals surface area contributed by atoms with Gasteiger partial charge in [0.2, 0.25) is 5.91 Å². The standard InChI is InChI=1S/C72H123NO18/c1-3-5-7-9-11-13-15-17-19-21-23-25-26-27-28-30-32-34-36-38-40-42-44-46-48-50-60(78)73-55(56(77)49-47-45-43-41-39-37-35-33-31-29-24-22-20-18-16-14-12-10-8-6-4-2)54-86-70-66(84)63(81)68(58(52-75)88-70)91-72-67(85)64(82)69(59(53-76)89-72)90-71-65(83)62(80)61(79)57(51-74)87-71/h5,7,11,13,17,19,23,25,27-28,32,34,39,41,47,49,55-59,61-72,74-77,79-85H,3-4,6,8-10,12,14-16,18,20-22,24,26,29-31,33,35-38,40,42-46,48,50-54H2,1-2H3,(H,73,78)/b7-5-,13-11-,19-17-,25-23-,28-27-,34-32-,41-39+,49-47+. The van der Waals surface area contributed by atoms with Gasteiger partial charge in [-0.05, 0) is 83.5 Å². The molecule has 17 atom stereocenters. The van der Waals surface area contributed by atoms with Gasteiger partial charge < -0.3 is 89.9 Å². The summed E-state index contributed by atoms with van der Waals surface area (Å²) in [4.78, 5) is 13.4. The number of hydrogen-bond donors (Lipinski definition) is 12. The third kappa shape index (κ3) is 34.8. The topological polar surface area (TPSA) is 307 Å². The van der Waals surface area contributed by atoms with E-state index in [1.165, 1.54) is 89.9 Å². The van der Waals surface area contributed by atoms with Crippen molar-refractivity contribution in [3.05, 3.63) is 97.2 Å². The molecule has 19 nitrogen and oxygen atoms in total. The van der Waals surface area contributed by atoms with Crippen molar-refractivity contribution < 1.29 is 89.4 Å². The second-order valence-electron chi connectivity index (χ2n) is 24.6. The minimum Gasteiger partial charge on any atom is -0.394 e. The summed E-state index contributed by atoms with van der Waals surface area (Å²) in [6.07, 6.45) is 42.3. The monoisotopic (exact) mass is 1290 g/mol. The molecule has 12 N–H and O–H groups in total. The Kier molecular flexibility index (Phi) is 47.7. The minimum atomic E-state index is -1.99. The number of ether oxygens (including phenoxy) is 6. The quantitative estimate of drug-likeness (QED) is 0.0199. The maximum Gasteiger partial charge on any atom is 0.220 e. The zero-order chi connectivity index (χ0) is 66.1. The Balaban J connectivity index is 1.46. The zero-order valence-electron chi connectivity index (χ0n) is 55.3. The van der Waals surface area contributed by atoms with Gasteiger partial charge in [-0.2, -0.15) is 0 Å². The molecule has 0 spiro atoms. The van der Waals surface area contributed by atoms with E-state index in [4.69, 9.17) is 28.4 Å². The minimum absolute atomic E-state index is 0.212. The highest BCUT2D eigenvalue weighted by Crippen LogP contribution is 2.33. The van der Waals surface area contributed by atoms with Gasteiger partial charge in [-0.3, -0.25) is 4.79 Å². The number of unbranched alkanes of at least 4 members (excludes halogenated alkanes) is 22. The van der Waals surface area contributed by atoms with Gasteiger partial charge in [-0.25, -0.2) is 0 Å². The Morgan fingerprint density at radius 1 is 0.407 bits per heavy atom. The molecule has 0 aliphatic carbocycles. The Morgan fingerprint density at radius 3 is 1.23 bits per heavy atom. The lowest BCUT2D eigenvalue weighted by Gasteiger charge is -2.48. The number of allylic oxidation sites excluding steroid dienone is 15. The van der Waals surface area contributed by atoms with E-state index in [9.17, 15) is 61.0 Å². The highest BCUT2D eigenvalue weighted by atomic mass is 16.8. The summed E-state index contributed by atoms with van der Waals surface area (Å²) >= 11 is 0. The molecule has 1 amide bonds. The molecule has 19 heteroatoms. The highest BCUT2D eigenvalue weighted by Gasteiger charge is 2.53. The van der Waals surface area contributed by atoms with E-state index in [-0.39, 0.29) is 18.9 Å². The van der Waals surface area contributed by atoms with Crippen molar-refractivity contribution in [2.24, 2.45) is 0 Å². The summed E-state index contributed by atoms with van der Waals surface area (Å²) in [5, 5.41) is 121.